The first kappa shape index (κ1) is 18.9. The predicted molar refractivity (Wildman–Crippen MR) is 81.4 cm³/mol. The van der Waals surface area contributed by atoms with E-state index in [0.717, 1.165) is 24.0 Å². The molecule has 0 radical (unpaired) electrons. The average Bonchev–Trinajstić information content (AvgIpc) is 2.42. The van der Waals surface area contributed by atoms with Crippen molar-refractivity contribution in [2.24, 2.45) is 5.92 Å². The van der Waals surface area contributed by atoms with Crippen LogP contribution in [-0.2, 0) is 18.1 Å². The fraction of sp³-hybridized carbons (Fsp3) is 0.917. The van der Waals surface area contributed by atoms with E-state index in [2.05, 4.69) is 0 Å². The van der Waals surface area contributed by atoms with Crippen molar-refractivity contribution in [2.75, 3.05) is 46.9 Å². The zero-order valence-corrected chi connectivity index (χ0v) is 14.7. The summed E-state index contributed by atoms with van der Waals surface area (Å²) >= 11 is 1.79. The number of hydrogen-bond donors (Lipinski definition) is 0. The molecule has 0 aromatic heterocycles. The third-order valence-corrected chi connectivity index (χ3v) is 7.08. The van der Waals surface area contributed by atoms with E-state index in [9.17, 15) is 4.79 Å². The van der Waals surface area contributed by atoms with Crippen LogP contribution in [0.4, 0.5) is 0 Å². The van der Waals surface area contributed by atoms with Gasteiger partial charge in [0.2, 0.25) is 5.91 Å². The number of carbonyl (C=O) groups excluding carboxylic acids is 1. The molecule has 0 saturated heterocycles. The topological polar surface area (TPSA) is 48.0 Å². The second-order valence-corrected chi connectivity index (χ2v) is 8.85. The van der Waals surface area contributed by atoms with Crippen LogP contribution in [0, 0.1) is 5.92 Å². The van der Waals surface area contributed by atoms with Crippen molar-refractivity contribution in [3.63, 3.8) is 0 Å². The molecule has 0 spiro atoms. The van der Waals surface area contributed by atoms with E-state index < -0.39 is 8.80 Å². The molecule has 0 aliphatic heterocycles. The second kappa shape index (κ2) is 9.76. The summed E-state index contributed by atoms with van der Waals surface area (Å²) in [5.74, 6) is 2.07. The van der Waals surface area contributed by atoms with Crippen LogP contribution >= 0.6 is 11.8 Å². The maximum atomic E-state index is 11.7. The Morgan fingerprint density at radius 1 is 1.21 bits per heavy atom. The van der Waals surface area contributed by atoms with Crippen LogP contribution in [0.15, 0.2) is 0 Å². The number of hydrogen-bond acceptors (Lipinski definition) is 5. The highest BCUT2D eigenvalue weighted by molar-refractivity contribution is 7.99. The van der Waals surface area contributed by atoms with E-state index in [-0.39, 0.29) is 11.8 Å². The van der Waals surface area contributed by atoms with Gasteiger partial charge in [-0.3, -0.25) is 4.79 Å². The Balaban J connectivity index is 3.84. The molecular formula is C12H27NO4SSi. The number of nitrogens with zero attached hydrogens (tertiary/aromatic N) is 1. The van der Waals surface area contributed by atoms with Crippen molar-refractivity contribution in [2.45, 2.75) is 19.4 Å². The molecule has 0 N–H and O–H groups in total. The van der Waals surface area contributed by atoms with Gasteiger partial charge in [0.1, 0.15) is 0 Å². The first-order valence-electron chi connectivity index (χ1n) is 6.36. The largest absolute Gasteiger partial charge is 0.500 e. The van der Waals surface area contributed by atoms with Gasteiger partial charge >= 0.3 is 8.80 Å². The Kier molecular flexibility index (Phi) is 9.72. The van der Waals surface area contributed by atoms with Gasteiger partial charge in [0, 0.05) is 53.1 Å². The van der Waals surface area contributed by atoms with Gasteiger partial charge in [-0.1, -0.05) is 6.92 Å². The van der Waals surface area contributed by atoms with Crippen LogP contribution in [0.3, 0.4) is 0 Å². The summed E-state index contributed by atoms with van der Waals surface area (Å²) in [6.07, 6.45) is 0.968. The lowest BCUT2D eigenvalue weighted by molar-refractivity contribution is -0.131. The molecule has 0 bridgehead atoms. The fourth-order valence-electron chi connectivity index (χ4n) is 1.72. The van der Waals surface area contributed by atoms with E-state index in [0.29, 0.717) is 0 Å². The number of rotatable bonds is 10. The Morgan fingerprint density at radius 2 is 1.74 bits per heavy atom. The maximum Gasteiger partial charge on any atom is 0.500 e. The SMILES string of the molecule is CO[Si](CCCSCC(C)C(=O)N(C)C)(OC)OC. The van der Waals surface area contributed by atoms with Crippen LogP contribution in [0.5, 0.6) is 0 Å². The van der Waals surface area contributed by atoms with Crippen molar-refractivity contribution < 1.29 is 18.1 Å². The van der Waals surface area contributed by atoms with Gasteiger partial charge in [-0.2, -0.15) is 11.8 Å². The highest BCUT2D eigenvalue weighted by Gasteiger charge is 2.36. The van der Waals surface area contributed by atoms with Crippen LogP contribution in [0.25, 0.3) is 0 Å². The lowest BCUT2D eigenvalue weighted by atomic mass is 10.2. The van der Waals surface area contributed by atoms with Crippen molar-refractivity contribution in [3.8, 4) is 0 Å². The van der Waals surface area contributed by atoms with E-state index in [1.165, 1.54) is 0 Å². The molecule has 0 saturated carbocycles. The normalized spacial score (nSPS) is 13.4. The summed E-state index contributed by atoms with van der Waals surface area (Å²) in [6.45, 7) is 1.97. The Morgan fingerprint density at radius 3 is 2.16 bits per heavy atom. The molecule has 0 aliphatic carbocycles. The zero-order valence-electron chi connectivity index (χ0n) is 12.9. The van der Waals surface area contributed by atoms with Gasteiger partial charge in [-0.25, -0.2) is 0 Å². The average molecular weight is 310 g/mol. The minimum Gasteiger partial charge on any atom is -0.377 e. The molecule has 0 heterocycles. The highest BCUT2D eigenvalue weighted by Crippen LogP contribution is 2.18. The fourth-order valence-corrected chi connectivity index (χ4v) is 4.71. The molecule has 0 fully saturated rings. The lowest BCUT2D eigenvalue weighted by Gasteiger charge is -2.24. The number of amides is 1. The Labute approximate surface area is 122 Å². The Hall–Kier alpha value is -0.0831. The third-order valence-electron chi connectivity index (χ3n) is 2.93. The first-order chi connectivity index (χ1) is 8.92. The van der Waals surface area contributed by atoms with Crippen molar-refractivity contribution in [1.82, 2.24) is 4.90 Å². The van der Waals surface area contributed by atoms with Crippen molar-refractivity contribution in [3.05, 3.63) is 0 Å². The molecule has 1 amide bonds. The summed E-state index contributed by atoms with van der Waals surface area (Å²) in [5.41, 5.74) is 0. The molecule has 1 unspecified atom stereocenters. The van der Waals surface area contributed by atoms with Gasteiger partial charge in [-0.05, 0) is 12.2 Å². The highest BCUT2D eigenvalue weighted by atomic mass is 32.2. The smallest absolute Gasteiger partial charge is 0.377 e. The monoisotopic (exact) mass is 309 g/mol. The molecule has 5 nitrogen and oxygen atoms in total. The van der Waals surface area contributed by atoms with Gasteiger partial charge in [0.25, 0.3) is 0 Å². The summed E-state index contributed by atoms with van der Waals surface area (Å²) in [4.78, 5) is 13.3. The van der Waals surface area contributed by atoms with Crippen LogP contribution in [-0.4, -0.2) is 66.5 Å². The molecule has 114 valence electrons. The van der Waals surface area contributed by atoms with Crippen LogP contribution in [0.2, 0.25) is 6.04 Å². The van der Waals surface area contributed by atoms with Crippen LogP contribution < -0.4 is 0 Å². The van der Waals surface area contributed by atoms with E-state index in [1.54, 1.807) is 52.1 Å². The summed E-state index contributed by atoms with van der Waals surface area (Å²) in [6, 6.07) is 0.805. The Bertz CT molecular complexity index is 254. The van der Waals surface area contributed by atoms with E-state index >= 15 is 0 Å². The maximum absolute atomic E-state index is 11.7. The van der Waals surface area contributed by atoms with Gasteiger partial charge in [0.15, 0.2) is 0 Å². The molecule has 19 heavy (non-hydrogen) atoms. The number of thioether (sulfide) groups is 1. The zero-order chi connectivity index (χ0) is 14.9. The van der Waals surface area contributed by atoms with Gasteiger partial charge in [-0.15, -0.1) is 0 Å². The quantitative estimate of drug-likeness (QED) is 0.454. The molecule has 1 atom stereocenters. The summed E-state index contributed by atoms with van der Waals surface area (Å²) in [7, 11) is 6.05. The van der Waals surface area contributed by atoms with E-state index in [4.69, 9.17) is 13.3 Å². The van der Waals surface area contributed by atoms with E-state index in [1.807, 2.05) is 6.92 Å². The van der Waals surface area contributed by atoms with Gasteiger partial charge in [0.05, 0.1) is 0 Å². The molecule has 0 aromatic rings. The standard InChI is InChI=1S/C12H27NO4SSi/c1-11(12(14)13(2)3)10-18-8-7-9-19(15-4,16-5)17-6/h11H,7-10H2,1-6H3. The summed E-state index contributed by atoms with van der Waals surface area (Å²) < 4.78 is 16.1. The summed E-state index contributed by atoms with van der Waals surface area (Å²) in [5, 5.41) is 0. The molecular weight excluding hydrogens is 282 g/mol. The third kappa shape index (κ3) is 6.76. The minimum absolute atomic E-state index is 0.0641. The molecule has 7 heteroatoms. The molecule has 0 rings (SSSR count). The molecule has 0 aromatic carbocycles. The first-order valence-corrected chi connectivity index (χ1v) is 9.45. The lowest BCUT2D eigenvalue weighted by Crippen LogP contribution is -2.42. The van der Waals surface area contributed by atoms with Crippen molar-refractivity contribution in [1.29, 1.82) is 0 Å². The molecule has 0 aliphatic rings. The predicted octanol–water partition coefficient (Wildman–Crippen LogP) is 1.71. The number of carbonyl (C=O) groups is 1. The van der Waals surface area contributed by atoms with Crippen molar-refractivity contribution >= 4 is 26.5 Å². The van der Waals surface area contributed by atoms with Gasteiger partial charge < -0.3 is 18.2 Å². The minimum atomic E-state index is -2.42. The van der Waals surface area contributed by atoms with Crippen LogP contribution in [0.1, 0.15) is 13.3 Å². The second-order valence-electron chi connectivity index (χ2n) is 4.61.